The largest absolute Gasteiger partial charge is 0.489 e. The first-order valence-corrected chi connectivity index (χ1v) is 9.33. The minimum atomic E-state index is -0.509. The molecule has 7 heteroatoms. The van der Waals surface area contributed by atoms with Gasteiger partial charge in [0.05, 0.1) is 17.6 Å². The molecule has 0 aliphatic carbocycles. The lowest BCUT2D eigenvalue weighted by Crippen LogP contribution is -2.01. The van der Waals surface area contributed by atoms with E-state index in [1.54, 1.807) is 42.5 Å². The standard InChI is InChI=1S/C24H19NO6/c1-30-24(27)20-7-2-18(3-8-20)16-31-22-13-4-17(5-14-22)6-15-23(26)19-9-11-21(12-10-19)25(28)29/h2-15H,16H2,1H3/b15-6+. The first-order chi connectivity index (χ1) is 15.0. The molecule has 0 radical (unpaired) electrons. The Morgan fingerprint density at radius 2 is 1.52 bits per heavy atom. The van der Waals surface area contributed by atoms with Crippen LogP contribution in [0.25, 0.3) is 6.08 Å². The maximum absolute atomic E-state index is 12.2. The predicted molar refractivity (Wildman–Crippen MR) is 115 cm³/mol. The predicted octanol–water partition coefficient (Wildman–Crippen LogP) is 4.86. The van der Waals surface area contributed by atoms with Crippen LogP contribution in [0.3, 0.4) is 0 Å². The van der Waals surface area contributed by atoms with Crippen molar-refractivity contribution in [3.8, 4) is 5.75 Å². The van der Waals surface area contributed by atoms with E-state index in [-0.39, 0.29) is 17.4 Å². The minimum Gasteiger partial charge on any atom is -0.489 e. The van der Waals surface area contributed by atoms with Crippen molar-refractivity contribution in [1.29, 1.82) is 0 Å². The Labute approximate surface area is 178 Å². The van der Waals surface area contributed by atoms with E-state index in [2.05, 4.69) is 4.74 Å². The van der Waals surface area contributed by atoms with Gasteiger partial charge in [0.15, 0.2) is 5.78 Å². The molecule has 0 N–H and O–H groups in total. The van der Waals surface area contributed by atoms with Crippen LogP contribution in [0.2, 0.25) is 0 Å². The topological polar surface area (TPSA) is 95.7 Å². The summed E-state index contributed by atoms with van der Waals surface area (Å²) in [4.78, 5) is 33.8. The van der Waals surface area contributed by atoms with Gasteiger partial charge in [0.25, 0.3) is 5.69 Å². The highest BCUT2D eigenvalue weighted by Gasteiger charge is 2.07. The number of benzene rings is 3. The van der Waals surface area contributed by atoms with Crippen molar-refractivity contribution in [3.63, 3.8) is 0 Å². The minimum absolute atomic E-state index is 0.0597. The maximum atomic E-state index is 12.2. The molecule has 3 aromatic carbocycles. The van der Waals surface area contributed by atoms with E-state index in [1.807, 2.05) is 12.1 Å². The molecule has 31 heavy (non-hydrogen) atoms. The number of hydrogen-bond donors (Lipinski definition) is 0. The van der Waals surface area contributed by atoms with Crippen LogP contribution in [-0.2, 0) is 11.3 Å². The molecule has 0 aliphatic rings. The molecule has 3 rings (SSSR count). The third-order valence-electron chi connectivity index (χ3n) is 4.45. The zero-order valence-corrected chi connectivity index (χ0v) is 16.7. The van der Waals surface area contributed by atoms with E-state index >= 15 is 0 Å². The number of ether oxygens (including phenoxy) is 2. The molecule has 0 aromatic heterocycles. The number of non-ortho nitro benzene ring substituents is 1. The zero-order valence-electron chi connectivity index (χ0n) is 16.7. The highest BCUT2D eigenvalue weighted by Crippen LogP contribution is 2.17. The number of hydrogen-bond acceptors (Lipinski definition) is 6. The average molecular weight is 417 g/mol. The summed E-state index contributed by atoms with van der Waals surface area (Å²) in [6.07, 6.45) is 3.08. The van der Waals surface area contributed by atoms with Crippen molar-refractivity contribution in [1.82, 2.24) is 0 Å². The molecule has 0 bridgehead atoms. The second-order valence-corrected chi connectivity index (χ2v) is 6.55. The average Bonchev–Trinajstić information content (AvgIpc) is 2.81. The Balaban J connectivity index is 1.55. The van der Waals surface area contributed by atoms with Gasteiger partial charge in [-0.05, 0) is 53.6 Å². The van der Waals surface area contributed by atoms with E-state index in [1.165, 1.54) is 37.5 Å². The normalized spacial score (nSPS) is 10.6. The van der Waals surface area contributed by atoms with Crippen LogP contribution in [0.4, 0.5) is 5.69 Å². The molecule has 3 aromatic rings. The second-order valence-electron chi connectivity index (χ2n) is 6.55. The van der Waals surface area contributed by atoms with Crippen molar-refractivity contribution in [3.05, 3.63) is 111 Å². The summed E-state index contributed by atoms with van der Waals surface area (Å²) in [6.45, 7) is 0.343. The number of allylic oxidation sites excluding steroid dienone is 1. The first kappa shape index (κ1) is 21.4. The van der Waals surface area contributed by atoms with Gasteiger partial charge in [0.2, 0.25) is 0 Å². The second kappa shape index (κ2) is 9.98. The van der Waals surface area contributed by atoms with Crippen molar-refractivity contribution >= 4 is 23.5 Å². The van der Waals surface area contributed by atoms with Gasteiger partial charge in [-0.2, -0.15) is 0 Å². The lowest BCUT2D eigenvalue weighted by Gasteiger charge is -2.07. The van der Waals surface area contributed by atoms with Crippen LogP contribution in [-0.4, -0.2) is 23.8 Å². The number of nitro benzene ring substituents is 1. The molecule has 0 atom stereocenters. The number of nitrogens with zero attached hydrogens (tertiary/aromatic N) is 1. The van der Waals surface area contributed by atoms with Gasteiger partial charge < -0.3 is 9.47 Å². The molecule has 0 fully saturated rings. The number of methoxy groups -OCH3 is 1. The molecule has 0 amide bonds. The van der Waals surface area contributed by atoms with E-state index < -0.39 is 4.92 Å². The smallest absolute Gasteiger partial charge is 0.337 e. The lowest BCUT2D eigenvalue weighted by atomic mass is 10.1. The molecular weight excluding hydrogens is 398 g/mol. The third kappa shape index (κ3) is 5.86. The monoisotopic (exact) mass is 417 g/mol. The Morgan fingerprint density at radius 3 is 2.10 bits per heavy atom. The lowest BCUT2D eigenvalue weighted by molar-refractivity contribution is -0.384. The number of carbonyl (C=O) groups excluding carboxylic acids is 2. The number of ketones is 1. The fourth-order valence-corrected chi connectivity index (χ4v) is 2.71. The van der Waals surface area contributed by atoms with Crippen LogP contribution in [0.15, 0.2) is 78.9 Å². The molecular formula is C24H19NO6. The first-order valence-electron chi connectivity index (χ1n) is 9.33. The van der Waals surface area contributed by atoms with E-state index in [0.717, 1.165) is 11.1 Å². The van der Waals surface area contributed by atoms with E-state index in [4.69, 9.17) is 4.74 Å². The van der Waals surface area contributed by atoms with Crippen molar-refractivity contribution in [2.75, 3.05) is 7.11 Å². The fraction of sp³-hybridized carbons (Fsp3) is 0.0833. The van der Waals surface area contributed by atoms with Gasteiger partial charge in [-0.1, -0.05) is 30.3 Å². The fourth-order valence-electron chi connectivity index (χ4n) is 2.71. The van der Waals surface area contributed by atoms with Crippen LogP contribution < -0.4 is 4.74 Å². The highest BCUT2D eigenvalue weighted by atomic mass is 16.6. The number of carbonyl (C=O) groups is 2. The summed E-state index contributed by atoms with van der Waals surface area (Å²) < 4.78 is 10.4. The molecule has 0 aliphatic heterocycles. The molecule has 0 heterocycles. The van der Waals surface area contributed by atoms with E-state index in [9.17, 15) is 19.7 Å². The van der Waals surface area contributed by atoms with Crippen LogP contribution >= 0.6 is 0 Å². The summed E-state index contributed by atoms with van der Waals surface area (Å²) in [6, 6.07) is 19.6. The summed E-state index contributed by atoms with van der Waals surface area (Å²) in [5.41, 5.74) is 2.51. The van der Waals surface area contributed by atoms with Gasteiger partial charge in [0.1, 0.15) is 12.4 Å². The quantitative estimate of drug-likeness (QED) is 0.171. The van der Waals surface area contributed by atoms with Crippen LogP contribution in [0.5, 0.6) is 5.75 Å². The maximum Gasteiger partial charge on any atom is 0.337 e. The van der Waals surface area contributed by atoms with Crippen molar-refractivity contribution < 1.29 is 24.0 Å². The molecule has 0 saturated carbocycles. The zero-order chi connectivity index (χ0) is 22.2. The van der Waals surface area contributed by atoms with Crippen LogP contribution in [0.1, 0.15) is 31.8 Å². The van der Waals surface area contributed by atoms with Crippen molar-refractivity contribution in [2.45, 2.75) is 6.61 Å². The number of nitro groups is 1. The Hall–Kier alpha value is -4.26. The SMILES string of the molecule is COC(=O)c1ccc(COc2ccc(/C=C/C(=O)c3ccc([N+](=O)[O-])cc3)cc2)cc1. The van der Waals surface area contributed by atoms with E-state index in [0.29, 0.717) is 23.5 Å². The summed E-state index contributed by atoms with van der Waals surface area (Å²) in [5, 5.41) is 10.7. The summed E-state index contributed by atoms with van der Waals surface area (Å²) in [7, 11) is 1.34. The summed E-state index contributed by atoms with van der Waals surface area (Å²) >= 11 is 0. The van der Waals surface area contributed by atoms with Gasteiger partial charge in [-0.3, -0.25) is 14.9 Å². The highest BCUT2D eigenvalue weighted by molar-refractivity contribution is 6.06. The van der Waals surface area contributed by atoms with Gasteiger partial charge in [-0.15, -0.1) is 0 Å². The molecule has 0 saturated heterocycles. The van der Waals surface area contributed by atoms with Crippen molar-refractivity contribution in [2.24, 2.45) is 0 Å². The third-order valence-corrected chi connectivity index (χ3v) is 4.45. The molecule has 0 unspecified atom stereocenters. The van der Waals surface area contributed by atoms with Crippen LogP contribution in [0, 0.1) is 10.1 Å². The summed E-state index contributed by atoms with van der Waals surface area (Å²) in [5.74, 6) is 0.0321. The Kier molecular flexibility index (Phi) is 6.90. The molecule has 0 spiro atoms. The number of esters is 1. The Bertz CT molecular complexity index is 1100. The van der Waals surface area contributed by atoms with Gasteiger partial charge >= 0.3 is 5.97 Å². The molecule has 156 valence electrons. The number of rotatable bonds is 8. The van der Waals surface area contributed by atoms with Gasteiger partial charge in [0, 0.05) is 17.7 Å². The Morgan fingerprint density at radius 1 is 0.903 bits per heavy atom. The molecule has 7 nitrogen and oxygen atoms in total. The van der Waals surface area contributed by atoms with Gasteiger partial charge in [-0.25, -0.2) is 4.79 Å².